The summed E-state index contributed by atoms with van der Waals surface area (Å²) >= 11 is 0. The fourth-order valence-corrected chi connectivity index (χ4v) is 1.69. The summed E-state index contributed by atoms with van der Waals surface area (Å²) in [4.78, 5) is 19.5. The number of hydrogen-bond acceptors (Lipinski definition) is 6. The smallest absolute Gasteiger partial charge is 0.228 e. The Morgan fingerprint density at radius 2 is 2.00 bits per heavy atom. The second-order valence-corrected chi connectivity index (χ2v) is 4.10. The Morgan fingerprint density at radius 3 is 2.65 bits per heavy atom. The lowest BCUT2D eigenvalue weighted by atomic mass is 10.1. The molecular weight excluding hydrogens is 258 g/mol. The minimum absolute atomic E-state index is 0.136. The van der Waals surface area contributed by atoms with Crippen LogP contribution in [-0.2, 0) is 11.2 Å². The summed E-state index contributed by atoms with van der Waals surface area (Å²) in [5.41, 5.74) is 12.3. The zero-order valence-electron chi connectivity index (χ0n) is 11.0. The minimum atomic E-state index is -0.258. The van der Waals surface area contributed by atoms with Crippen LogP contribution in [0.4, 0.5) is 17.3 Å². The number of amides is 1. The summed E-state index contributed by atoms with van der Waals surface area (Å²) in [6.45, 7) is 0. The standard InChI is InChI=1S/C13H15N5O2/c1-20-9-4-2-3-8(5-9)6-10(19)18-11-12(14)16-7-17-13(11)15/h2-5,7H,6H2,1H3,(H,18,19)(H4,14,15,16,17). The Bertz CT molecular complexity index is 610. The first-order valence-corrected chi connectivity index (χ1v) is 5.89. The van der Waals surface area contributed by atoms with E-state index in [1.165, 1.54) is 6.33 Å². The van der Waals surface area contributed by atoms with Gasteiger partial charge in [0.25, 0.3) is 0 Å². The zero-order chi connectivity index (χ0) is 14.5. The fourth-order valence-electron chi connectivity index (χ4n) is 1.69. The van der Waals surface area contributed by atoms with Gasteiger partial charge < -0.3 is 21.5 Å². The maximum atomic E-state index is 12.0. The highest BCUT2D eigenvalue weighted by Crippen LogP contribution is 2.21. The molecule has 1 aromatic heterocycles. The Balaban J connectivity index is 2.09. The highest BCUT2D eigenvalue weighted by Gasteiger charge is 2.11. The number of nitrogens with two attached hydrogens (primary N) is 2. The lowest BCUT2D eigenvalue weighted by Crippen LogP contribution is -2.17. The van der Waals surface area contributed by atoms with Crippen molar-refractivity contribution in [2.45, 2.75) is 6.42 Å². The SMILES string of the molecule is COc1cccc(CC(=O)Nc2c(N)ncnc2N)c1. The van der Waals surface area contributed by atoms with Crippen molar-refractivity contribution in [1.82, 2.24) is 9.97 Å². The number of carbonyl (C=O) groups excluding carboxylic acids is 1. The summed E-state index contributed by atoms with van der Waals surface area (Å²) in [5, 5.41) is 2.61. The number of nitrogens with zero attached hydrogens (tertiary/aromatic N) is 2. The predicted molar refractivity (Wildman–Crippen MR) is 76.2 cm³/mol. The molecule has 7 nitrogen and oxygen atoms in total. The third kappa shape index (κ3) is 3.14. The van der Waals surface area contributed by atoms with Crippen molar-refractivity contribution < 1.29 is 9.53 Å². The number of anilines is 3. The highest BCUT2D eigenvalue weighted by molar-refractivity contribution is 5.97. The molecule has 0 saturated carbocycles. The van der Waals surface area contributed by atoms with Crippen molar-refractivity contribution in [1.29, 1.82) is 0 Å². The summed E-state index contributed by atoms with van der Waals surface area (Å²) in [7, 11) is 1.57. The van der Waals surface area contributed by atoms with Crippen LogP contribution < -0.4 is 21.5 Å². The van der Waals surface area contributed by atoms with Gasteiger partial charge in [0.15, 0.2) is 11.6 Å². The zero-order valence-corrected chi connectivity index (χ0v) is 11.0. The van der Waals surface area contributed by atoms with Crippen LogP contribution >= 0.6 is 0 Å². The molecule has 2 aromatic rings. The molecule has 1 heterocycles. The van der Waals surface area contributed by atoms with Crippen LogP contribution in [0.3, 0.4) is 0 Å². The molecule has 0 atom stereocenters. The Hall–Kier alpha value is -2.83. The van der Waals surface area contributed by atoms with Crippen molar-refractivity contribution >= 4 is 23.2 Å². The summed E-state index contributed by atoms with van der Waals surface area (Å²) in [5.74, 6) is 0.705. The van der Waals surface area contributed by atoms with Gasteiger partial charge in [-0.05, 0) is 17.7 Å². The van der Waals surface area contributed by atoms with Crippen LogP contribution in [-0.4, -0.2) is 23.0 Å². The quantitative estimate of drug-likeness (QED) is 0.759. The molecule has 7 heteroatoms. The van der Waals surface area contributed by atoms with Crippen LogP contribution in [0.1, 0.15) is 5.56 Å². The van der Waals surface area contributed by atoms with E-state index in [1.54, 1.807) is 13.2 Å². The van der Waals surface area contributed by atoms with E-state index >= 15 is 0 Å². The average molecular weight is 273 g/mol. The summed E-state index contributed by atoms with van der Waals surface area (Å²) in [6.07, 6.45) is 1.41. The summed E-state index contributed by atoms with van der Waals surface area (Å²) < 4.78 is 5.10. The maximum absolute atomic E-state index is 12.0. The topological polar surface area (TPSA) is 116 Å². The molecule has 0 unspecified atom stereocenters. The highest BCUT2D eigenvalue weighted by atomic mass is 16.5. The van der Waals surface area contributed by atoms with Gasteiger partial charge in [0.05, 0.1) is 13.5 Å². The number of methoxy groups -OCH3 is 1. The van der Waals surface area contributed by atoms with Gasteiger partial charge in [-0.2, -0.15) is 0 Å². The molecular formula is C13H15N5O2. The van der Waals surface area contributed by atoms with Gasteiger partial charge >= 0.3 is 0 Å². The van der Waals surface area contributed by atoms with Crippen molar-refractivity contribution in [3.05, 3.63) is 36.2 Å². The Morgan fingerprint density at radius 1 is 1.30 bits per heavy atom. The van der Waals surface area contributed by atoms with E-state index in [9.17, 15) is 4.79 Å². The van der Waals surface area contributed by atoms with Crippen LogP contribution in [0, 0.1) is 0 Å². The first kappa shape index (κ1) is 13.6. The molecule has 0 fully saturated rings. The van der Waals surface area contributed by atoms with Crippen LogP contribution in [0.2, 0.25) is 0 Å². The molecule has 0 radical (unpaired) electrons. The van der Waals surface area contributed by atoms with Gasteiger partial charge in [0, 0.05) is 0 Å². The van der Waals surface area contributed by atoms with Gasteiger partial charge in [0.1, 0.15) is 17.8 Å². The lowest BCUT2D eigenvalue weighted by Gasteiger charge is -2.09. The van der Waals surface area contributed by atoms with E-state index in [0.29, 0.717) is 5.75 Å². The number of rotatable bonds is 4. The van der Waals surface area contributed by atoms with E-state index in [4.69, 9.17) is 16.2 Å². The lowest BCUT2D eigenvalue weighted by molar-refractivity contribution is -0.115. The van der Waals surface area contributed by atoms with Gasteiger partial charge in [-0.25, -0.2) is 9.97 Å². The van der Waals surface area contributed by atoms with Crippen LogP contribution in [0.5, 0.6) is 5.75 Å². The Labute approximate surface area is 116 Å². The average Bonchev–Trinajstić information content (AvgIpc) is 2.43. The van der Waals surface area contributed by atoms with Gasteiger partial charge in [-0.1, -0.05) is 12.1 Å². The predicted octanol–water partition coefficient (Wildman–Crippen LogP) is 0.831. The number of ether oxygens (including phenoxy) is 1. The molecule has 0 aliphatic rings. The second-order valence-electron chi connectivity index (χ2n) is 4.10. The third-order valence-corrected chi connectivity index (χ3v) is 2.67. The van der Waals surface area contributed by atoms with Gasteiger partial charge in [0.2, 0.25) is 5.91 Å². The van der Waals surface area contributed by atoms with E-state index < -0.39 is 0 Å². The summed E-state index contributed by atoms with van der Waals surface area (Å²) in [6, 6.07) is 7.24. The molecule has 0 aliphatic carbocycles. The normalized spacial score (nSPS) is 10.1. The monoisotopic (exact) mass is 273 g/mol. The van der Waals surface area contributed by atoms with Gasteiger partial charge in [-0.15, -0.1) is 0 Å². The van der Waals surface area contributed by atoms with Crippen molar-refractivity contribution in [3.63, 3.8) is 0 Å². The largest absolute Gasteiger partial charge is 0.497 e. The number of aromatic nitrogens is 2. The number of hydrogen-bond donors (Lipinski definition) is 3. The van der Waals surface area contributed by atoms with E-state index in [2.05, 4.69) is 15.3 Å². The van der Waals surface area contributed by atoms with Crippen molar-refractivity contribution in [3.8, 4) is 5.75 Å². The Kier molecular flexibility index (Phi) is 3.99. The number of nitrogens with one attached hydrogen (secondary N) is 1. The number of carbonyl (C=O) groups is 1. The third-order valence-electron chi connectivity index (χ3n) is 2.67. The van der Waals surface area contributed by atoms with E-state index in [1.807, 2.05) is 18.2 Å². The second kappa shape index (κ2) is 5.87. The fraction of sp³-hybridized carbons (Fsp3) is 0.154. The molecule has 20 heavy (non-hydrogen) atoms. The first-order chi connectivity index (χ1) is 9.60. The van der Waals surface area contributed by atoms with Crippen LogP contribution in [0.15, 0.2) is 30.6 Å². The molecule has 0 aliphatic heterocycles. The van der Waals surface area contributed by atoms with Crippen molar-refractivity contribution in [2.75, 3.05) is 23.9 Å². The number of benzene rings is 1. The van der Waals surface area contributed by atoms with Crippen molar-refractivity contribution in [2.24, 2.45) is 0 Å². The molecule has 1 amide bonds. The minimum Gasteiger partial charge on any atom is -0.497 e. The van der Waals surface area contributed by atoms with E-state index in [-0.39, 0.29) is 29.7 Å². The molecule has 0 saturated heterocycles. The molecule has 1 aromatic carbocycles. The molecule has 2 rings (SSSR count). The molecule has 0 bridgehead atoms. The van der Waals surface area contributed by atoms with E-state index in [0.717, 1.165) is 5.56 Å². The maximum Gasteiger partial charge on any atom is 0.228 e. The number of nitrogen functional groups attached to an aromatic ring is 2. The molecule has 0 spiro atoms. The molecule has 104 valence electrons. The van der Waals surface area contributed by atoms with Crippen LogP contribution in [0.25, 0.3) is 0 Å². The van der Waals surface area contributed by atoms with Gasteiger partial charge in [-0.3, -0.25) is 4.79 Å². The molecule has 5 N–H and O–H groups in total. The first-order valence-electron chi connectivity index (χ1n) is 5.89.